The lowest BCUT2D eigenvalue weighted by molar-refractivity contribution is 0.0510. The van der Waals surface area contributed by atoms with Gasteiger partial charge in [-0.3, -0.25) is 0 Å². The Morgan fingerprint density at radius 2 is 1.07 bits per heavy atom. The highest BCUT2D eigenvalue weighted by Gasteiger charge is 2.20. The summed E-state index contributed by atoms with van der Waals surface area (Å²) < 4.78 is 15.1. The number of hydrogen-bond donors (Lipinski definition) is 0. The number of ether oxygens (including phenoxy) is 2. The van der Waals surface area contributed by atoms with Crippen molar-refractivity contribution >= 4 is 55.6 Å². The molecule has 0 N–H and O–H groups in total. The van der Waals surface area contributed by atoms with Crippen LogP contribution in [0.15, 0.2) is 60.7 Å². The summed E-state index contributed by atoms with van der Waals surface area (Å²) in [5.74, 6) is -0.813. The van der Waals surface area contributed by atoms with Crippen LogP contribution in [0, 0.1) is 13.8 Å². The predicted molar refractivity (Wildman–Crippen MR) is 160 cm³/mol. The van der Waals surface area contributed by atoms with Crippen LogP contribution in [0.4, 0.5) is 0 Å². The molecule has 2 aromatic carbocycles. The summed E-state index contributed by atoms with van der Waals surface area (Å²) in [5, 5.41) is 4.17. The van der Waals surface area contributed by atoms with E-state index in [2.05, 4.69) is 43.4 Å². The summed E-state index contributed by atoms with van der Waals surface area (Å²) in [5.41, 5.74) is 6.51. The molecule has 41 heavy (non-hydrogen) atoms. The molecule has 0 bridgehead atoms. The Labute approximate surface area is 237 Å². The molecule has 0 aliphatic rings. The van der Waals surface area contributed by atoms with E-state index < -0.39 is 11.9 Å². The summed E-state index contributed by atoms with van der Waals surface area (Å²) >= 11 is 0. The first-order chi connectivity index (χ1) is 19.9. The van der Waals surface area contributed by atoms with Crippen LogP contribution in [0.3, 0.4) is 0 Å². The number of aromatic nitrogens is 4. The van der Waals surface area contributed by atoms with Crippen LogP contribution >= 0.6 is 0 Å². The van der Waals surface area contributed by atoms with Crippen molar-refractivity contribution in [2.45, 2.75) is 47.2 Å². The number of fused-ring (bicyclic) bond motifs is 6. The molecule has 0 spiro atoms. The molecule has 8 heteroatoms. The van der Waals surface area contributed by atoms with Gasteiger partial charge >= 0.3 is 11.9 Å². The summed E-state index contributed by atoms with van der Waals surface area (Å²) in [6.07, 6.45) is 0.847. The van der Waals surface area contributed by atoms with Crippen molar-refractivity contribution < 1.29 is 19.1 Å². The van der Waals surface area contributed by atoms with Crippen LogP contribution in [-0.4, -0.2) is 44.3 Å². The van der Waals surface area contributed by atoms with Gasteiger partial charge in [0.05, 0.1) is 35.6 Å². The summed E-state index contributed by atoms with van der Waals surface area (Å²) in [6.45, 7) is 9.61. The van der Waals surface area contributed by atoms with Crippen molar-refractivity contribution in [2.24, 2.45) is 0 Å². The second-order valence-corrected chi connectivity index (χ2v) is 10.1. The molecular weight excluding hydrogens is 516 g/mol. The first kappa shape index (κ1) is 26.5. The van der Waals surface area contributed by atoms with Crippen molar-refractivity contribution in [3.05, 3.63) is 83.4 Å². The third-order valence-corrected chi connectivity index (χ3v) is 7.58. The van der Waals surface area contributed by atoms with Crippen LogP contribution in [-0.2, 0) is 22.6 Å². The molecule has 6 rings (SSSR count). The van der Waals surface area contributed by atoms with Gasteiger partial charge in [0.2, 0.25) is 0 Å². The maximum Gasteiger partial charge on any atom is 0.356 e. The summed E-state index contributed by atoms with van der Waals surface area (Å²) in [4.78, 5) is 34.2. The molecule has 0 aliphatic heterocycles. The maximum absolute atomic E-state index is 12.5. The smallest absolute Gasteiger partial charge is 0.356 e. The quantitative estimate of drug-likeness (QED) is 0.196. The Kier molecular flexibility index (Phi) is 6.91. The maximum atomic E-state index is 12.5. The van der Waals surface area contributed by atoms with E-state index in [1.165, 1.54) is 0 Å². The molecule has 4 aromatic heterocycles. The van der Waals surface area contributed by atoms with Crippen molar-refractivity contribution in [1.29, 1.82) is 0 Å². The van der Waals surface area contributed by atoms with Gasteiger partial charge in [0.25, 0.3) is 0 Å². The highest BCUT2D eigenvalue weighted by Crippen LogP contribution is 2.34. The number of carbonyl (C=O) groups is 2. The standard InChI is InChI=1S/C33H32N4O4/c1-5-40-32(38)26-18-24-22-12-7-9-14-28(22)36(30(24)20(3)34-26)16-11-17-37-29-15-10-8-13-23(29)25-19-27(33(39)41-6-2)35-21(4)31(25)37/h7-10,12-15,18-19H,5-6,11,16-17H2,1-4H3. The van der Waals surface area contributed by atoms with Crippen LogP contribution in [0.25, 0.3) is 43.6 Å². The van der Waals surface area contributed by atoms with Gasteiger partial charge in [-0.15, -0.1) is 0 Å². The molecule has 6 aromatic rings. The average Bonchev–Trinajstić information content (AvgIpc) is 3.47. The Bertz CT molecular complexity index is 1830. The van der Waals surface area contributed by atoms with E-state index >= 15 is 0 Å². The molecule has 0 atom stereocenters. The largest absolute Gasteiger partial charge is 0.461 e. The average molecular weight is 549 g/mol. The molecule has 0 saturated heterocycles. The number of aryl methyl sites for hydroxylation is 4. The normalized spacial score (nSPS) is 11.6. The molecule has 0 unspecified atom stereocenters. The van der Waals surface area contributed by atoms with Crippen LogP contribution in [0.1, 0.15) is 52.6 Å². The highest BCUT2D eigenvalue weighted by molar-refractivity contribution is 6.11. The lowest BCUT2D eigenvalue weighted by Crippen LogP contribution is -2.10. The zero-order valence-corrected chi connectivity index (χ0v) is 23.7. The fourth-order valence-electron chi connectivity index (χ4n) is 6.01. The Hall–Kier alpha value is -4.72. The van der Waals surface area contributed by atoms with Gasteiger partial charge in [-0.1, -0.05) is 36.4 Å². The minimum Gasteiger partial charge on any atom is -0.461 e. The van der Waals surface area contributed by atoms with Crippen molar-refractivity contribution in [3.8, 4) is 0 Å². The van der Waals surface area contributed by atoms with Crippen molar-refractivity contribution in [1.82, 2.24) is 19.1 Å². The molecule has 208 valence electrons. The number of benzene rings is 2. The minimum absolute atomic E-state index is 0.307. The van der Waals surface area contributed by atoms with E-state index in [9.17, 15) is 9.59 Å². The van der Waals surface area contributed by atoms with Crippen LogP contribution < -0.4 is 0 Å². The van der Waals surface area contributed by atoms with Gasteiger partial charge in [-0.05, 0) is 58.4 Å². The van der Waals surface area contributed by atoms with E-state index in [0.29, 0.717) is 24.6 Å². The topological polar surface area (TPSA) is 88.2 Å². The second-order valence-electron chi connectivity index (χ2n) is 10.1. The molecule has 0 fully saturated rings. The SMILES string of the molecule is CCOC(=O)c1cc2c3ccccc3n(CCCn3c4ccccc4c4cc(C(=O)OCC)nc(C)c43)c2c(C)n1. The lowest BCUT2D eigenvalue weighted by atomic mass is 10.1. The molecular formula is C33H32N4O4. The van der Waals surface area contributed by atoms with Crippen LogP contribution in [0.5, 0.6) is 0 Å². The first-order valence-electron chi connectivity index (χ1n) is 14.0. The van der Waals surface area contributed by atoms with Gasteiger partial charge in [-0.2, -0.15) is 0 Å². The fraction of sp³-hybridized carbons (Fsp3) is 0.273. The molecule has 0 saturated carbocycles. The second kappa shape index (κ2) is 10.7. The molecule has 8 nitrogen and oxygen atoms in total. The van der Waals surface area contributed by atoms with E-state index in [1.807, 2.05) is 50.2 Å². The van der Waals surface area contributed by atoms with Gasteiger partial charge in [0.1, 0.15) is 11.4 Å². The van der Waals surface area contributed by atoms with Crippen molar-refractivity contribution in [3.63, 3.8) is 0 Å². The fourth-order valence-corrected chi connectivity index (χ4v) is 6.01. The molecule has 0 amide bonds. The van der Waals surface area contributed by atoms with Crippen molar-refractivity contribution in [2.75, 3.05) is 13.2 Å². The predicted octanol–water partition coefficient (Wildman–Crippen LogP) is 6.75. The highest BCUT2D eigenvalue weighted by atomic mass is 16.5. The lowest BCUT2D eigenvalue weighted by Gasteiger charge is -2.13. The Morgan fingerprint density at radius 3 is 1.49 bits per heavy atom. The van der Waals surface area contributed by atoms with Gasteiger partial charge in [-0.25, -0.2) is 19.6 Å². The number of para-hydroxylation sites is 2. The number of hydrogen-bond acceptors (Lipinski definition) is 6. The Morgan fingerprint density at radius 1 is 0.659 bits per heavy atom. The van der Waals surface area contributed by atoms with Gasteiger partial charge in [0.15, 0.2) is 0 Å². The van der Waals surface area contributed by atoms with E-state index in [1.54, 1.807) is 13.8 Å². The molecule has 0 radical (unpaired) electrons. The number of pyridine rings is 2. The zero-order chi connectivity index (χ0) is 28.7. The number of nitrogens with zero attached hydrogens (tertiary/aromatic N) is 4. The molecule has 0 aliphatic carbocycles. The number of carbonyl (C=O) groups excluding carboxylic acids is 2. The van der Waals surface area contributed by atoms with E-state index in [0.717, 1.165) is 74.5 Å². The molecule has 4 heterocycles. The summed E-state index contributed by atoms with van der Waals surface area (Å²) in [6, 6.07) is 20.2. The minimum atomic E-state index is -0.407. The third-order valence-electron chi connectivity index (χ3n) is 7.58. The first-order valence-corrected chi connectivity index (χ1v) is 14.0. The zero-order valence-electron chi connectivity index (χ0n) is 23.7. The summed E-state index contributed by atoms with van der Waals surface area (Å²) in [7, 11) is 0. The van der Waals surface area contributed by atoms with Crippen LogP contribution in [0.2, 0.25) is 0 Å². The third kappa shape index (κ3) is 4.49. The van der Waals surface area contributed by atoms with Gasteiger partial charge < -0.3 is 18.6 Å². The van der Waals surface area contributed by atoms with Gasteiger partial charge in [0, 0.05) is 45.7 Å². The van der Waals surface area contributed by atoms with E-state index in [-0.39, 0.29) is 0 Å². The number of rotatable bonds is 8. The Balaban J connectivity index is 1.40. The van der Waals surface area contributed by atoms with E-state index in [4.69, 9.17) is 9.47 Å². The number of esters is 2. The monoisotopic (exact) mass is 548 g/mol.